The third kappa shape index (κ3) is 4.37. The molecule has 2 aromatic rings. The van der Waals surface area contributed by atoms with Crippen molar-refractivity contribution in [1.82, 2.24) is 9.88 Å². The molecule has 1 saturated heterocycles. The van der Waals surface area contributed by atoms with Gasteiger partial charge in [0.2, 0.25) is 5.91 Å². The normalized spacial score (nSPS) is 15.7. The summed E-state index contributed by atoms with van der Waals surface area (Å²) in [4.78, 5) is 19.0. The molecule has 0 aromatic carbocycles. The van der Waals surface area contributed by atoms with Gasteiger partial charge in [-0.2, -0.15) is 0 Å². The van der Waals surface area contributed by atoms with E-state index in [4.69, 9.17) is 4.74 Å². The highest BCUT2D eigenvalue weighted by Gasteiger charge is 2.24. The summed E-state index contributed by atoms with van der Waals surface area (Å²) >= 11 is 2.98. The molecular formula is C14H16N2O4S3. The van der Waals surface area contributed by atoms with Crippen molar-refractivity contribution in [2.45, 2.75) is 5.75 Å². The molecule has 0 bridgehead atoms. The second kappa shape index (κ2) is 7.08. The molecule has 0 atom stereocenters. The number of sulfone groups is 1. The SMILES string of the molecule is O=C(CS(=O)(=O)Cc1csc(-c2cccs2)n1)N1CCOCC1. The first-order valence-electron chi connectivity index (χ1n) is 7.08. The molecule has 6 nitrogen and oxygen atoms in total. The molecule has 1 aliphatic heterocycles. The van der Waals surface area contributed by atoms with Crippen molar-refractivity contribution in [3.63, 3.8) is 0 Å². The molecule has 2 aromatic heterocycles. The fraction of sp³-hybridized carbons (Fsp3) is 0.429. The number of thiazole rings is 1. The Morgan fingerprint density at radius 1 is 1.30 bits per heavy atom. The number of carbonyl (C=O) groups excluding carboxylic acids is 1. The van der Waals surface area contributed by atoms with Crippen LogP contribution >= 0.6 is 22.7 Å². The largest absolute Gasteiger partial charge is 0.378 e. The van der Waals surface area contributed by atoms with Gasteiger partial charge in [-0.25, -0.2) is 13.4 Å². The van der Waals surface area contributed by atoms with Crippen LogP contribution in [0.3, 0.4) is 0 Å². The summed E-state index contributed by atoms with van der Waals surface area (Å²) in [5.74, 6) is -1.04. The van der Waals surface area contributed by atoms with Crippen molar-refractivity contribution >= 4 is 38.4 Å². The standard InChI is InChI=1S/C14H16N2O4S3/c17-13(16-3-5-20-6-4-16)10-23(18,19)9-11-8-22-14(15-11)12-2-1-7-21-12/h1-2,7-8H,3-6,9-10H2. The van der Waals surface area contributed by atoms with E-state index in [0.717, 1.165) is 9.88 Å². The number of rotatable bonds is 5. The number of aromatic nitrogens is 1. The van der Waals surface area contributed by atoms with Crippen LogP contribution in [0.4, 0.5) is 0 Å². The first-order chi connectivity index (χ1) is 11.0. The van der Waals surface area contributed by atoms with Crippen LogP contribution in [-0.2, 0) is 25.1 Å². The Labute approximate surface area is 142 Å². The molecule has 124 valence electrons. The number of ether oxygens (including phenoxy) is 1. The van der Waals surface area contributed by atoms with E-state index in [0.29, 0.717) is 32.0 Å². The molecule has 0 unspecified atom stereocenters. The van der Waals surface area contributed by atoms with Crippen molar-refractivity contribution in [2.24, 2.45) is 0 Å². The zero-order valence-electron chi connectivity index (χ0n) is 12.3. The second-order valence-corrected chi connectivity index (χ2v) is 9.02. The highest BCUT2D eigenvalue weighted by atomic mass is 32.2. The average Bonchev–Trinajstić information content (AvgIpc) is 3.18. The smallest absolute Gasteiger partial charge is 0.237 e. The minimum Gasteiger partial charge on any atom is -0.378 e. The summed E-state index contributed by atoms with van der Waals surface area (Å²) in [5.41, 5.74) is 0.494. The predicted molar refractivity (Wildman–Crippen MR) is 90.3 cm³/mol. The van der Waals surface area contributed by atoms with E-state index in [1.54, 1.807) is 21.6 Å². The van der Waals surface area contributed by atoms with E-state index in [2.05, 4.69) is 4.98 Å². The molecule has 3 heterocycles. The van der Waals surface area contributed by atoms with Crippen LogP contribution in [-0.4, -0.2) is 56.3 Å². The molecule has 0 aliphatic carbocycles. The Bertz CT molecular complexity index is 762. The number of morpholine rings is 1. The van der Waals surface area contributed by atoms with E-state index in [1.807, 2.05) is 17.5 Å². The summed E-state index contributed by atoms with van der Waals surface area (Å²) in [6.45, 7) is 1.82. The van der Waals surface area contributed by atoms with Gasteiger partial charge in [0.25, 0.3) is 0 Å². The van der Waals surface area contributed by atoms with Crippen molar-refractivity contribution in [3.05, 3.63) is 28.6 Å². The lowest BCUT2D eigenvalue weighted by Gasteiger charge is -2.26. The quantitative estimate of drug-likeness (QED) is 0.798. The molecule has 0 N–H and O–H groups in total. The summed E-state index contributed by atoms with van der Waals surface area (Å²) in [7, 11) is -3.52. The van der Waals surface area contributed by atoms with Gasteiger partial charge >= 0.3 is 0 Å². The van der Waals surface area contributed by atoms with E-state index in [9.17, 15) is 13.2 Å². The molecule has 1 aliphatic rings. The third-order valence-corrected chi connectivity index (χ3v) is 6.71. The van der Waals surface area contributed by atoms with Crippen LogP contribution in [0.25, 0.3) is 9.88 Å². The Morgan fingerprint density at radius 2 is 2.09 bits per heavy atom. The molecule has 1 fully saturated rings. The maximum Gasteiger partial charge on any atom is 0.237 e. The molecule has 1 amide bonds. The van der Waals surface area contributed by atoms with Gasteiger partial charge in [0.15, 0.2) is 9.84 Å². The maximum atomic E-state index is 12.2. The Balaban J connectivity index is 1.63. The van der Waals surface area contributed by atoms with Gasteiger partial charge in [-0.05, 0) is 11.4 Å². The molecule has 0 spiro atoms. The van der Waals surface area contributed by atoms with Crippen molar-refractivity contribution < 1.29 is 17.9 Å². The van der Waals surface area contributed by atoms with Crippen LogP contribution < -0.4 is 0 Å². The highest BCUT2D eigenvalue weighted by Crippen LogP contribution is 2.28. The lowest BCUT2D eigenvalue weighted by atomic mass is 10.4. The lowest BCUT2D eigenvalue weighted by molar-refractivity contribution is -0.132. The van der Waals surface area contributed by atoms with Crippen molar-refractivity contribution in [3.8, 4) is 9.88 Å². The van der Waals surface area contributed by atoms with E-state index < -0.39 is 15.6 Å². The minimum absolute atomic E-state index is 0.203. The van der Waals surface area contributed by atoms with E-state index in [-0.39, 0.29) is 11.7 Å². The van der Waals surface area contributed by atoms with E-state index in [1.165, 1.54) is 11.3 Å². The highest BCUT2D eigenvalue weighted by molar-refractivity contribution is 7.91. The average molecular weight is 372 g/mol. The second-order valence-electron chi connectivity index (χ2n) is 5.15. The zero-order chi connectivity index (χ0) is 16.3. The van der Waals surface area contributed by atoms with Crippen molar-refractivity contribution in [2.75, 3.05) is 32.1 Å². The summed E-state index contributed by atoms with van der Waals surface area (Å²) in [5, 5.41) is 4.50. The predicted octanol–water partition coefficient (Wildman–Crippen LogP) is 1.65. The molecule has 9 heteroatoms. The lowest BCUT2D eigenvalue weighted by Crippen LogP contribution is -2.43. The van der Waals surface area contributed by atoms with E-state index >= 15 is 0 Å². The Hall–Kier alpha value is -1.29. The van der Waals surface area contributed by atoms with Crippen LogP contribution in [0.2, 0.25) is 0 Å². The van der Waals surface area contributed by atoms with Gasteiger partial charge in [-0.1, -0.05) is 6.07 Å². The summed E-state index contributed by atoms with van der Waals surface area (Å²) in [6, 6.07) is 3.88. The topological polar surface area (TPSA) is 76.6 Å². The van der Waals surface area contributed by atoms with Crippen LogP contribution in [0.15, 0.2) is 22.9 Å². The first kappa shape index (κ1) is 16.6. The Morgan fingerprint density at radius 3 is 2.78 bits per heavy atom. The van der Waals surface area contributed by atoms with Gasteiger partial charge in [0, 0.05) is 18.5 Å². The molecule has 0 saturated carbocycles. The van der Waals surface area contributed by atoms with Crippen molar-refractivity contribution in [1.29, 1.82) is 0 Å². The molecule has 23 heavy (non-hydrogen) atoms. The van der Waals surface area contributed by atoms with Gasteiger partial charge in [0.05, 0.1) is 29.5 Å². The van der Waals surface area contributed by atoms with Crippen LogP contribution in [0.5, 0.6) is 0 Å². The van der Waals surface area contributed by atoms with Gasteiger partial charge < -0.3 is 9.64 Å². The summed E-state index contributed by atoms with van der Waals surface area (Å²) in [6.07, 6.45) is 0. The molecule has 3 rings (SSSR count). The summed E-state index contributed by atoms with van der Waals surface area (Å²) < 4.78 is 29.6. The fourth-order valence-electron chi connectivity index (χ4n) is 2.26. The zero-order valence-corrected chi connectivity index (χ0v) is 14.8. The monoisotopic (exact) mass is 372 g/mol. The van der Waals surface area contributed by atoms with Gasteiger partial charge in [-0.3, -0.25) is 4.79 Å². The maximum absolute atomic E-state index is 12.2. The Kier molecular flexibility index (Phi) is 5.10. The number of hydrogen-bond acceptors (Lipinski definition) is 7. The van der Waals surface area contributed by atoms with Crippen LogP contribution in [0, 0.1) is 0 Å². The number of thiophene rings is 1. The fourth-order valence-corrected chi connectivity index (χ4v) is 5.25. The third-order valence-electron chi connectivity index (χ3n) is 3.36. The van der Waals surface area contributed by atoms with Gasteiger partial charge in [-0.15, -0.1) is 22.7 Å². The molecule has 0 radical (unpaired) electrons. The number of amides is 1. The number of hydrogen-bond donors (Lipinski definition) is 0. The first-order valence-corrected chi connectivity index (χ1v) is 10.7. The number of carbonyl (C=O) groups is 1. The van der Waals surface area contributed by atoms with Crippen LogP contribution in [0.1, 0.15) is 5.69 Å². The number of nitrogens with zero attached hydrogens (tertiary/aromatic N) is 2. The minimum atomic E-state index is -3.52. The molecular weight excluding hydrogens is 356 g/mol. The van der Waals surface area contributed by atoms with Gasteiger partial charge in [0.1, 0.15) is 10.8 Å².